The van der Waals surface area contributed by atoms with E-state index in [0.29, 0.717) is 17.9 Å². The molecule has 166 valence electrons. The molecule has 1 aliphatic heterocycles. The third-order valence-electron chi connectivity index (χ3n) is 5.53. The number of ketones is 1. The van der Waals surface area contributed by atoms with Gasteiger partial charge in [-0.3, -0.25) is 19.3 Å². The first-order valence-electron chi connectivity index (χ1n) is 10.6. The molecule has 1 fully saturated rings. The fourth-order valence-electron chi connectivity index (χ4n) is 3.51. The first kappa shape index (κ1) is 23.9. The number of carbonyl (C=O) groups is 3. The van der Waals surface area contributed by atoms with Crippen molar-refractivity contribution in [2.45, 2.75) is 53.0 Å². The zero-order valence-corrected chi connectivity index (χ0v) is 18.4. The minimum Gasteiger partial charge on any atom is -0.492 e. The maximum atomic E-state index is 12.8. The maximum Gasteiger partial charge on any atom is 0.325 e. The quantitative estimate of drug-likeness (QED) is 0.567. The summed E-state index contributed by atoms with van der Waals surface area (Å²) in [6.07, 6.45) is 2.51. The molecule has 0 unspecified atom stereocenters. The lowest BCUT2D eigenvalue weighted by atomic mass is 9.76. The van der Waals surface area contributed by atoms with Crippen LogP contribution in [0.15, 0.2) is 24.3 Å². The highest BCUT2D eigenvalue weighted by Gasteiger charge is 2.34. The molecule has 0 aliphatic carbocycles. The van der Waals surface area contributed by atoms with Crippen LogP contribution in [-0.4, -0.2) is 59.9 Å². The Morgan fingerprint density at radius 2 is 1.73 bits per heavy atom. The van der Waals surface area contributed by atoms with Crippen molar-refractivity contribution in [3.63, 3.8) is 0 Å². The van der Waals surface area contributed by atoms with E-state index in [4.69, 9.17) is 9.84 Å². The topological polar surface area (TPSA) is 95.9 Å². The minimum atomic E-state index is -1.11. The summed E-state index contributed by atoms with van der Waals surface area (Å²) in [6.45, 7) is 10.8. The van der Waals surface area contributed by atoms with Gasteiger partial charge in [0.15, 0.2) is 5.78 Å². The molecule has 0 bridgehead atoms. The molecule has 1 aromatic carbocycles. The second-order valence-corrected chi connectivity index (χ2v) is 9.04. The zero-order chi connectivity index (χ0) is 22.3. The fraction of sp³-hybridized carbons (Fsp3) is 0.609. The van der Waals surface area contributed by atoms with Gasteiger partial charge >= 0.3 is 5.97 Å². The normalized spacial score (nSPS) is 16.7. The maximum absolute atomic E-state index is 12.8. The first-order chi connectivity index (χ1) is 14.1. The van der Waals surface area contributed by atoms with E-state index in [1.165, 1.54) is 19.8 Å². The molecular formula is C23H34N2O5. The lowest BCUT2D eigenvalue weighted by Gasteiger charge is -2.30. The number of benzene rings is 1. The number of hydrogen-bond acceptors (Lipinski definition) is 5. The summed E-state index contributed by atoms with van der Waals surface area (Å²) >= 11 is 0. The molecule has 2 atom stereocenters. The predicted octanol–water partition coefficient (Wildman–Crippen LogP) is 2.99. The molecular weight excluding hydrogens is 384 g/mol. The number of nitrogens with one attached hydrogen (secondary N) is 1. The van der Waals surface area contributed by atoms with E-state index in [-0.39, 0.29) is 12.2 Å². The van der Waals surface area contributed by atoms with E-state index in [9.17, 15) is 14.4 Å². The van der Waals surface area contributed by atoms with Crippen molar-refractivity contribution in [2.24, 2.45) is 11.3 Å². The van der Waals surface area contributed by atoms with Gasteiger partial charge in [-0.25, -0.2) is 0 Å². The number of carboxylic acid groups (broad SMARTS) is 1. The summed E-state index contributed by atoms with van der Waals surface area (Å²) in [7, 11) is 0. The second-order valence-electron chi connectivity index (χ2n) is 9.04. The van der Waals surface area contributed by atoms with E-state index in [1.807, 2.05) is 20.8 Å². The van der Waals surface area contributed by atoms with E-state index >= 15 is 0 Å². The van der Waals surface area contributed by atoms with Crippen molar-refractivity contribution in [1.29, 1.82) is 0 Å². The Hall–Kier alpha value is -2.41. The van der Waals surface area contributed by atoms with Crippen LogP contribution in [0.1, 0.15) is 57.3 Å². The summed E-state index contributed by atoms with van der Waals surface area (Å²) in [6, 6.07) is 5.97. The molecule has 1 aliphatic rings. The molecule has 1 saturated heterocycles. The Balaban J connectivity index is 1.94. The van der Waals surface area contributed by atoms with Crippen molar-refractivity contribution in [3.05, 3.63) is 29.8 Å². The van der Waals surface area contributed by atoms with E-state index in [2.05, 4.69) is 10.2 Å². The average molecular weight is 419 g/mol. The minimum absolute atomic E-state index is 0.0108. The van der Waals surface area contributed by atoms with Crippen LogP contribution in [0.3, 0.4) is 0 Å². The molecule has 2 N–H and O–H groups in total. The molecule has 7 heteroatoms. The van der Waals surface area contributed by atoms with E-state index < -0.39 is 29.3 Å². The van der Waals surface area contributed by atoms with Gasteiger partial charge in [0, 0.05) is 18.5 Å². The van der Waals surface area contributed by atoms with Gasteiger partial charge in [-0.05, 0) is 62.5 Å². The van der Waals surface area contributed by atoms with Crippen LogP contribution in [0.25, 0.3) is 0 Å². The lowest BCUT2D eigenvalue weighted by Crippen LogP contribution is -2.45. The fourth-order valence-corrected chi connectivity index (χ4v) is 3.51. The molecule has 1 aromatic rings. The number of carbonyl (C=O) groups excluding carboxylic acids is 2. The highest BCUT2D eigenvalue weighted by Crippen LogP contribution is 2.30. The summed E-state index contributed by atoms with van der Waals surface area (Å²) in [5, 5.41) is 11.5. The number of nitrogens with zero attached hydrogens (tertiary/aromatic N) is 1. The standard InChI is InChI=1S/C23H34N2O5/c1-16(22(28)29)24-21(27)19(23(2,3)4)15-20(26)17-7-9-18(10-8-17)30-14-13-25-11-5-6-12-25/h7-10,16,19H,5-6,11-15H2,1-4H3,(H,24,27)(H,28,29)/t16-,19+/m0/s1. The molecule has 7 nitrogen and oxygen atoms in total. The molecule has 30 heavy (non-hydrogen) atoms. The number of aliphatic carboxylic acids is 1. The van der Waals surface area contributed by atoms with Crippen LogP contribution >= 0.6 is 0 Å². The van der Waals surface area contributed by atoms with Crippen LogP contribution in [0.4, 0.5) is 0 Å². The number of Topliss-reactive ketones (excluding diaryl/α,β-unsaturated/α-hetero) is 1. The van der Waals surface area contributed by atoms with Gasteiger partial charge < -0.3 is 15.2 Å². The Labute approximate surface area is 178 Å². The number of likely N-dealkylation sites (tertiary alicyclic amines) is 1. The van der Waals surface area contributed by atoms with Gasteiger partial charge in [0.25, 0.3) is 0 Å². The van der Waals surface area contributed by atoms with Crippen LogP contribution in [0.2, 0.25) is 0 Å². The molecule has 0 spiro atoms. The molecule has 1 amide bonds. The van der Waals surface area contributed by atoms with Gasteiger partial charge in [0.2, 0.25) is 5.91 Å². The summed E-state index contributed by atoms with van der Waals surface area (Å²) in [5.74, 6) is -1.61. The van der Waals surface area contributed by atoms with Crippen LogP contribution in [0.5, 0.6) is 5.75 Å². The third-order valence-corrected chi connectivity index (χ3v) is 5.53. The largest absolute Gasteiger partial charge is 0.492 e. The smallest absolute Gasteiger partial charge is 0.325 e. The number of carboxylic acids is 1. The van der Waals surface area contributed by atoms with Crippen LogP contribution in [-0.2, 0) is 9.59 Å². The highest BCUT2D eigenvalue weighted by atomic mass is 16.5. The van der Waals surface area contributed by atoms with Crippen molar-refractivity contribution in [1.82, 2.24) is 10.2 Å². The Morgan fingerprint density at radius 3 is 2.27 bits per heavy atom. The number of ether oxygens (including phenoxy) is 1. The number of amides is 1. The van der Waals surface area contributed by atoms with Gasteiger partial charge in [-0.2, -0.15) is 0 Å². The van der Waals surface area contributed by atoms with Crippen molar-refractivity contribution in [2.75, 3.05) is 26.2 Å². The van der Waals surface area contributed by atoms with Crippen molar-refractivity contribution >= 4 is 17.7 Å². The number of rotatable bonds is 10. The van der Waals surface area contributed by atoms with Gasteiger partial charge in [0.1, 0.15) is 18.4 Å². The summed E-state index contributed by atoms with van der Waals surface area (Å²) < 4.78 is 5.77. The van der Waals surface area contributed by atoms with Crippen molar-refractivity contribution in [3.8, 4) is 5.75 Å². The third kappa shape index (κ3) is 7.13. The van der Waals surface area contributed by atoms with Crippen LogP contribution < -0.4 is 10.1 Å². The molecule has 0 radical (unpaired) electrons. The van der Waals surface area contributed by atoms with E-state index in [1.54, 1.807) is 24.3 Å². The predicted molar refractivity (Wildman–Crippen MR) is 115 cm³/mol. The lowest BCUT2D eigenvalue weighted by molar-refractivity contribution is -0.142. The SMILES string of the molecule is C[C@H](NC(=O)[C@@H](CC(=O)c1ccc(OCCN2CCCC2)cc1)C(C)(C)C)C(=O)O. The molecule has 0 saturated carbocycles. The highest BCUT2D eigenvalue weighted by molar-refractivity contribution is 5.99. The van der Waals surface area contributed by atoms with Crippen molar-refractivity contribution < 1.29 is 24.2 Å². The summed E-state index contributed by atoms with van der Waals surface area (Å²) in [4.78, 5) is 38.8. The average Bonchev–Trinajstić information content (AvgIpc) is 3.18. The Bertz CT molecular complexity index is 733. The molecule has 0 aromatic heterocycles. The van der Waals surface area contributed by atoms with Gasteiger partial charge in [-0.1, -0.05) is 20.8 Å². The monoisotopic (exact) mass is 418 g/mol. The zero-order valence-electron chi connectivity index (χ0n) is 18.4. The molecule has 2 rings (SSSR count). The molecule has 1 heterocycles. The van der Waals surface area contributed by atoms with E-state index in [0.717, 1.165) is 19.6 Å². The van der Waals surface area contributed by atoms with Crippen LogP contribution in [0, 0.1) is 11.3 Å². The van der Waals surface area contributed by atoms with Gasteiger partial charge in [0.05, 0.1) is 5.92 Å². The Morgan fingerprint density at radius 1 is 1.13 bits per heavy atom. The van der Waals surface area contributed by atoms with Gasteiger partial charge in [-0.15, -0.1) is 0 Å². The Kier molecular flexibility index (Phi) is 8.41. The first-order valence-corrected chi connectivity index (χ1v) is 10.6. The summed E-state index contributed by atoms with van der Waals surface area (Å²) in [5.41, 5.74) is 0.0200. The number of hydrogen-bond donors (Lipinski definition) is 2. The second kappa shape index (κ2) is 10.6.